The highest BCUT2D eigenvalue weighted by molar-refractivity contribution is 9.10. The molecule has 0 unspecified atom stereocenters. The summed E-state index contributed by atoms with van der Waals surface area (Å²) < 4.78 is 6.37. The first-order valence-corrected chi connectivity index (χ1v) is 6.95. The van der Waals surface area contributed by atoms with Gasteiger partial charge in [-0.25, -0.2) is 0 Å². The van der Waals surface area contributed by atoms with Crippen LogP contribution in [-0.4, -0.2) is 18.6 Å². The summed E-state index contributed by atoms with van der Waals surface area (Å²) in [5.41, 5.74) is 1.75. The molecule has 4 heteroatoms. The Kier molecular flexibility index (Phi) is 4.07. The topological polar surface area (TPSA) is 38.3 Å². The number of hydrogen-bond donors (Lipinski definition) is 1. The second-order valence-electron chi connectivity index (χ2n) is 4.95. The van der Waals surface area contributed by atoms with Crippen LogP contribution in [0.15, 0.2) is 22.7 Å². The van der Waals surface area contributed by atoms with Gasteiger partial charge in [-0.3, -0.25) is 4.79 Å². The highest BCUT2D eigenvalue weighted by Crippen LogP contribution is 2.38. The zero-order valence-electron chi connectivity index (χ0n) is 10.8. The Bertz CT molecular complexity index is 450. The predicted octanol–water partition coefficient (Wildman–Crippen LogP) is 3.66. The fraction of sp³-hybridized carbons (Fsp3) is 0.500. The summed E-state index contributed by atoms with van der Waals surface area (Å²) in [6, 6.07) is 5.89. The van der Waals surface area contributed by atoms with Gasteiger partial charge in [-0.2, -0.15) is 0 Å². The molecule has 2 rings (SSSR count). The minimum absolute atomic E-state index is 0.0149. The molecule has 0 bridgehead atoms. The molecule has 0 aromatic heterocycles. The number of carbonyl (C=O) groups excluding carboxylic acids is 1. The Morgan fingerprint density at radius 3 is 2.72 bits per heavy atom. The van der Waals surface area contributed by atoms with Gasteiger partial charge in [0.1, 0.15) is 0 Å². The first kappa shape index (κ1) is 13.6. The van der Waals surface area contributed by atoms with Crippen LogP contribution in [0.4, 0.5) is 5.69 Å². The molecule has 0 heterocycles. The summed E-state index contributed by atoms with van der Waals surface area (Å²) >= 11 is 3.46. The first-order chi connectivity index (χ1) is 8.54. The van der Waals surface area contributed by atoms with E-state index in [4.69, 9.17) is 4.74 Å². The number of hydrogen-bond acceptors (Lipinski definition) is 2. The minimum atomic E-state index is -0.221. The maximum absolute atomic E-state index is 12.0. The van der Waals surface area contributed by atoms with Crippen molar-refractivity contribution in [2.75, 3.05) is 12.4 Å². The number of benzene rings is 1. The standard InChI is InChI=1S/C14H18BrNO2/c1-10-4-5-12(11(15)8-10)16-13(17)9-14(18-2)6-3-7-14/h4-5,8H,3,6-7,9H2,1-2H3,(H,16,17). The third-order valence-corrected chi connectivity index (χ3v) is 4.24. The second-order valence-corrected chi connectivity index (χ2v) is 5.80. The van der Waals surface area contributed by atoms with Crippen LogP contribution in [0.2, 0.25) is 0 Å². The van der Waals surface area contributed by atoms with E-state index in [0.29, 0.717) is 6.42 Å². The largest absolute Gasteiger partial charge is 0.378 e. The Morgan fingerprint density at radius 1 is 1.50 bits per heavy atom. The van der Waals surface area contributed by atoms with Gasteiger partial charge < -0.3 is 10.1 Å². The fourth-order valence-electron chi connectivity index (χ4n) is 2.23. The van der Waals surface area contributed by atoms with E-state index in [9.17, 15) is 4.79 Å². The van der Waals surface area contributed by atoms with Gasteiger partial charge in [0.2, 0.25) is 5.91 Å². The van der Waals surface area contributed by atoms with E-state index in [0.717, 1.165) is 35.0 Å². The van der Waals surface area contributed by atoms with Crippen molar-refractivity contribution in [3.05, 3.63) is 28.2 Å². The smallest absolute Gasteiger partial charge is 0.227 e. The van der Waals surface area contributed by atoms with Crippen molar-refractivity contribution in [3.63, 3.8) is 0 Å². The van der Waals surface area contributed by atoms with Gasteiger partial charge in [0.15, 0.2) is 0 Å². The minimum Gasteiger partial charge on any atom is -0.378 e. The SMILES string of the molecule is COC1(CC(=O)Nc2ccc(C)cc2Br)CCC1. The molecule has 0 radical (unpaired) electrons. The van der Waals surface area contributed by atoms with E-state index < -0.39 is 0 Å². The second kappa shape index (κ2) is 5.41. The van der Waals surface area contributed by atoms with E-state index in [-0.39, 0.29) is 11.5 Å². The molecule has 98 valence electrons. The van der Waals surface area contributed by atoms with Crippen LogP contribution in [0.3, 0.4) is 0 Å². The molecule has 1 saturated carbocycles. The number of methoxy groups -OCH3 is 1. The van der Waals surface area contributed by atoms with E-state index in [1.165, 1.54) is 0 Å². The van der Waals surface area contributed by atoms with Gasteiger partial charge >= 0.3 is 0 Å². The number of halogens is 1. The highest BCUT2D eigenvalue weighted by Gasteiger charge is 2.39. The zero-order chi connectivity index (χ0) is 13.2. The molecule has 1 aromatic rings. The lowest BCUT2D eigenvalue weighted by atomic mass is 9.77. The Morgan fingerprint density at radius 2 is 2.22 bits per heavy atom. The van der Waals surface area contributed by atoms with Crippen molar-refractivity contribution in [3.8, 4) is 0 Å². The molecule has 1 aliphatic rings. The van der Waals surface area contributed by atoms with Crippen LogP contribution < -0.4 is 5.32 Å². The van der Waals surface area contributed by atoms with Crippen LogP contribution in [0, 0.1) is 6.92 Å². The van der Waals surface area contributed by atoms with E-state index in [1.54, 1.807) is 7.11 Å². The lowest BCUT2D eigenvalue weighted by Gasteiger charge is -2.39. The fourth-order valence-corrected chi connectivity index (χ4v) is 2.83. The van der Waals surface area contributed by atoms with Crippen molar-refractivity contribution >= 4 is 27.5 Å². The number of ether oxygens (including phenoxy) is 1. The lowest BCUT2D eigenvalue weighted by molar-refractivity contribution is -0.129. The number of rotatable bonds is 4. The lowest BCUT2D eigenvalue weighted by Crippen LogP contribution is -2.42. The molecule has 1 amide bonds. The number of aryl methyl sites for hydroxylation is 1. The average molecular weight is 312 g/mol. The van der Waals surface area contributed by atoms with Crippen molar-refractivity contribution in [2.45, 2.75) is 38.2 Å². The summed E-state index contributed by atoms with van der Waals surface area (Å²) in [6.45, 7) is 2.02. The normalized spacial score (nSPS) is 17.1. The summed E-state index contributed by atoms with van der Waals surface area (Å²) in [4.78, 5) is 12.0. The van der Waals surface area contributed by atoms with Crippen molar-refractivity contribution < 1.29 is 9.53 Å². The molecule has 3 nitrogen and oxygen atoms in total. The Balaban J connectivity index is 1.98. The zero-order valence-corrected chi connectivity index (χ0v) is 12.3. The van der Waals surface area contributed by atoms with Gasteiger partial charge in [0.25, 0.3) is 0 Å². The molecule has 1 fully saturated rings. The summed E-state index contributed by atoms with van der Waals surface area (Å²) in [5.74, 6) is 0.0149. The molecule has 0 spiro atoms. The van der Waals surface area contributed by atoms with Gasteiger partial charge in [0.05, 0.1) is 17.7 Å². The van der Waals surface area contributed by atoms with Gasteiger partial charge in [0, 0.05) is 11.6 Å². The van der Waals surface area contributed by atoms with Crippen molar-refractivity contribution in [1.29, 1.82) is 0 Å². The summed E-state index contributed by atoms with van der Waals surface area (Å²) in [6.07, 6.45) is 3.54. The summed E-state index contributed by atoms with van der Waals surface area (Å²) in [5, 5.41) is 2.93. The third-order valence-electron chi connectivity index (χ3n) is 3.58. The maximum atomic E-state index is 12.0. The van der Waals surface area contributed by atoms with Crippen LogP contribution in [-0.2, 0) is 9.53 Å². The Labute approximate surface area is 116 Å². The van der Waals surface area contributed by atoms with Gasteiger partial charge in [-0.05, 0) is 59.8 Å². The molecular formula is C14H18BrNO2. The number of anilines is 1. The third kappa shape index (κ3) is 2.93. The van der Waals surface area contributed by atoms with E-state index in [2.05, 4.69) is 21.2 Å². The van der Waals surface area contributed by atoms with Gasteiger partial charge in [-0.15, -0.1) is 0 Å². The Hall–Kier alpha value is -0.870. The highest BCUT2D eigenvalue weighted by atomic mass is 79.9. The van der Waals surface area contributed by atoms with Crippen LogP contribution in [0.1, 0.15) is 31.2 Å². The number of nitrogens with one attached hydrogen (secondary N) is 1. The van der Waals surface area contributed by atoms with Crippen LogP contribution in [0.25, 0.3) is 0 Å². The number of amides is 1. The molecule has 0 aliphatic heterocycles. The molecule has 1 aromatic carbocycles. The quantitative estimate of drug-likeness (QED) is 0.921. The monoisotopic (exact) mass is 311 g/mol. The van der Waals surface area contributed by atoms with Crippen molar-refractivity contribution in [1.82, 2.24) is 0 Å². The average Bonchev–Trinajstić information content (AvgIpc) is 2.27. The molecule has 1 N–H and O–H groups in total. The predicted molar refractivity (Wildman–Crippen MR) is 75.7 cm³/mol. The molecular weight excluding hydrogens is 294 g/mol. The number of carbonyl (C=O) groups is 1. The summed E-state index contributed by atoms with van der Waals surface area (Å²) in [7, 11) is 1.69. The molecule has 18 heavy (non-hydrogen) atoms. The molecule has 1 aliphatic carbocycles. The molecule has 0 atom stereocenters. The first-order valence-electron chi connectivity index (χ1n) is 6.16. The van der Waals surface area contributed by atoms with E-state index in [1.807, 2.05) is 25.1 Å². The van der Waals surface area contributed by atoms with Gasteiger partial charge in [-0.1, -0.05) is 6.07 Å². The maximum Gasteiger partial charge on any atom is 0.227 e. The van der Waals surface area contributed by atoms with E-state index >= 15 is 0 Å². The van der Waals surface area contributed by atoms with Crippen LogP contribution in [0.5, 0.6) is 0 Å². The molecule has 0 saturated heterocycles. The van der Waals surface area contributed by atoms with Crippen LogP contribution >= 0.6 is 15.9 Å². The van der Waals surface area contributed by atoms with Crippen molar-refractivity contribution in [2.24, 2.45) is 0 Å².